The minimum Gasteiger partial charge on any atom is -0.466 e. The van der Waals surface area contributed by atoms with Crippen LogP contribution in [0.1, 0.15) is 33.6 Å². The summed E-state index contributed by atoms with van der Waals surface area (Å²) in [4.78, 5) is 47.3. The number of hydrogen-bond acceptors (Lipinski definition) is 12. The minimum absolute atomic E-state index is 0.101. The van der Waals surface area contributed by atoms with Gasteiger partial charge in [0.05, 0.1) is 42.6 Å². The third-order valence-corrected chi connectivity index (χ3v) is 12.8. The highest BCUT2D eigenvalue weighted by Gasteiger charge is 2.16. The second-order valence-corrected chi connectivity index (χ2v) is 19.0. The van der Waals surface area contributed by atoms with E-state index in [1.807, 2.05) is 95.1 Å². The van der Waals surface area contributed by atoms with Crippen LogP contribution in [0.4, 0.5) is 56.9 Å². The van der Waals surface area contributed by atoms with E-state index in [1.165, 1.54) is 20.8 Å². The molecule has 0 atom stereocenters. The van der Waals surface area contributed by atoms with Crippen LogP contribution in [0.2, 0.25) is 0 Å². The number of para-hydroxylation sites is 6. The molecule has 0 radical (unpaired) electrons. The van der Waals surface area contributed by atoms with Gasteiger partial charge >= 0.3 is 17.9 Å². The number of ether oxygens (including phenoxy) is 2. The lowest BCUT2D eigenvalue weighted by Crippen LogP contribution is -2.19. The average Bonchev–Trinajstić information content (AvgIpc) is 3.67. The van der Waals surface area contributed by atoms with Crippen LogP contribution in [0.25, 0.3) is 22.3 Å². The van der Waals surface area contributed by atoms with Crippen LogP contribution in [-0.2, 0) is 33.5 Å². The maximum Gasteiger partial charge on any atom is 0.310 e. The molecule has 0 fully saturated rings. The smallest absolute Gasteiger partial charge is 0.310 e. The Morgan fingerprint density at radius 1 is 0.298 bits per heavy atom. The van der Waals surface area contributed by atoms with E-state index in [-0.39, 0.29) is 12.6 Å². The average molecular weight is 1120 g/mol. The lowest BCUT2D eigenvalue weighted by atomic mass is 10.0. The number of hydrogen-bond donors (Lipinski definition) is 1. The van der Waals surface area contributed by atoms with Gasteiger partial charge < -0.3 is 24.4 Å². The first-order chi connectivity index (χ1) is 41.1. The molecule has 84 heavy (non-hydrogen) atoms. The van der Waals surface area contributed by atoms with Gasteiger partial charge in [0.2, 0.25) is 0 Å². The fraction of sp³-hybridized carbons (Fsp3) is 0.125. The maximum absolute atomic E-state index is 11.0. The van der Waals surface area contributed by atoms with Crippen molar-refractivity contribution < 1.29 is 38.6 Å². The van der Waals surface area contributed by atoms with Gasteiger partial charge in [-0.3, -0.25) is 24.1 Å². The molecule has 0 saturated carbocycles. The van der Waals surface area contributed by atoms with Gasteiger partial charge in [0.15, 0.2) is 0 Å². The Morgan fingerprint density at radius 3 is 0.786 bits per heavy atom. The molecule has 10 rings (SSSR count). The molecule has 0 aliphatic rings. The molecule has 0 unspecified atom stereocenters. The van der Waals surface area contributed by atoms with Crippen molar-refractivity contribution in [2.75, 3.05) is 46.4 Å². The largest absolute Gasteiger partial charge is 0.466 e. The van der Waals surface area contributed by atoms with Crippen molar-refractivity contribution in [3.05, 3.63) is 279 Å². The van der Waals surface area contributed by atoms with E-state index in [9.17, 15) is 14.4 Å². The lowest BCUT2D eigenvalue weighted by molar-refractivity contribution is -0.156. The van der Waals surface area contributed by atoms with E-state index in [1.54, 1.807) is 0 Å². The molecule has 10 aromatic carbocycles. The summed E-state index contributed by atoms with van der Waals surface area (Å²) in [6.45, 7) is 5.07. The maximum atomic E-state index is 11.0. The monoisotopic (exact) mass is 1120 g/mol. The number of carbonyl (C=O) groups is 3. The number of aliphatic hydroxyl groups excluding tert-OH is 1. The molecule has 10 aromatic rings. The highest BCUT2D eigenvalue weighted by molar-refractivity contribution is 5.83. The van der Waals surface area contributed by atoms with Crippen molar-refractivity contribution in [2.45, 2.75) is 33.6 Å². The van der Waals surface area contributed by atoms with E-state index in [4.69, 9.17) is 19.5 Å². The van der Waals surface area contributed by atoms with Gasteiger partial charge in [-0.05, 0) is 150 Å². The van der Waals surface area contributed by atoms with Crippen molar-refractivity contribution >= 4 is 74.8 Å². The molecule has 12 heteroatoms. The zero-order chi connectivity index (χ0) is 58.7. The highest BCUT2D eigenvalue weighted by Crippen LogP contribution is 2.38. The summed E-state index contributed by atoms with van der Waals surface area (Å²) >= 11 is 0. The Labute approximate surface area is 492 Å². The Bertz CT molecular complexity index is 3440. The second-order valence-electron chi connectivity index (χ2n) is 19.0. The topological polar surface area (TPSA) is 121 Å². The predicted octanol–water partition coefficient (Wildman–Crippen LogP) is 17.2. The van der Waals surface area contributed by atoms with E-state index < -0.39 is 11.9 Å². The highest BCUT2D eigenvalue weighted by atomic mass is 16.7. The minimum atomic E-state index is -0.562. The summed E-state index contributed by atoms with van der Waals surface area (Å²) in [7, 11) is 0. The van der Waals surface area contributed by atoms with Gasteiger partial charge in [-0.15, -0.1) is 0 Å². The number of esters is 3. The van der Waals surface area contributed by atoms with E-state index in [0.29, 0.717) is 32.7 Å². The Balaban J connectivity index is 0.000000197. The first-order valence-corrected chi connectivity index (χ1v) is 27.8. The van der Waals surface area contributed by atoms with Gasteiger partial charge in [0.25, 0.3) is 0 Å². The number of nitrogens with zero attached hydrogens (tertiary/aromatic N) is 4. The third-order valence-electron chi connectivity index (χ3n) is 12.8. The van der Waals surface area contributed by atoms with Crippen LogP contribution >= 0.6 is 0 Å². The van der Waals surface area contributed by atoms with Crippen LogP contribution < -0.4 is 19.9 Å². The fourth-order valence-corrected chi connectivity index (χ4v) is 8.96. The molecule has 0 saturated heterocycles. The van der Waals surface area contributed by atoms with Gasteiger partial charge in [-0.1, -0.05) is 158 Å². The molecule has 0 aliphatic carbocycles. The molecular weight excluding hydrogens is 1050 g/mol. The second kappa shape index (κ2) is 31.8. The molecule has 0 spiro atoms. The quantitative estimate of drug-likeness (QED) is 0.0319. The summed E-state index contributed by atoms with van der Waals surface area (Å²) in [6.07, 6.45) is 1.19. The molecule has 0 aliphatic heterocycles. The van der Waals surface area contributed by atoms with Crippen molar-refractivity contribution in [2.24, 2.45) is 0 Å². The van der Waals surface area contributed by atoms with Gasteiger partial charge in [-0.2, -0.15) is 0 Å². The Hall–Kier alpha value is -10.1. The molecule has 1 N–H and O–H groups in total. The molecule has 0 amide bonds. The molecule has 0 bridgehead atoms. The van der Waals surface area contributed by atoms with Crippen LogP contribution in [0.5, 0.6) is 0 Å². The van der Waals surface area contributed by atoms with Gasteiger partial charge in [-0.25, -0.2) is 10.1 Å². The van der Waals surface area contributed by atoms with Crippen LogP contribution in [0, 0.1) is 0 Å². The number of benzene rings is 10. The van der Waals surface area contributed by atoms with E-state index in [2.05, 4.69) is 209 Å². The standard InChI is InChI=1S/C35H32N2O3.C33H30N2O2.C4H6O3/c1-28(38)39-26-11-27-40-37(34-16-9-4-10-17-34)35-24-20-30(21-25-35)29-18-22-33(23-19-29)36(31-12-5-2-6-13-31)32-14-7-3-8-15-32;36-25-10-26-37-35(32-15-8-3-9-16-32)33-23-19-28(20-24-33)27-17-21-31(22-18-27)34(29-11-4-1-5-12-29)30-13-6-2-7-14-30;1-3(5)7-4(2)6/h2-10,12-25H,11,26-27H2,1H3;1-9,11-24,36H,10,25-26H2;1-2H3. The Morgan fingerprint density at radius 2 is 0.536 bits per heavy atom. The first kappa shape index (κ1) is 60.0. The molecule has 12 nitrogen and oxygen atoms in total. The van der Waals surface area contributed by atoms with Crippen LogP contribution in [-0.4, -0.2) is 49.4 Å². The van der Waals surface area contributed by atoms with Crippen molar-refractivity contribution in [1.29, 1.82) is 0 Å². The van der Waals surface area contributed by atoms with Crippen molar-refractivity contribution in [3.8, 4) is 22.3 Å². The lowest BCUT2D eigenvalue weighted by Gasteiger charge is -2.25. The first-order valence-electron chi connectivity index (χ1n) is 27.8. The Kier molecular flexibility index (Phi) is 22.7. The van der Waals surface area contributed by atoms with E-state index in [0.717, 1.165) is 79.1 Å². The van der Waals surface area contributed by atoms with Crippen molar-refractivity contribution in [3.63, 3.8) is 0 Å². The SMILES string of the molecule is CC(=O)OC(C)=O.CC(=O)OCCCON(c1ccccc1)c1ccc(-c2ccc(N(c3ccccc3)c3ccccc3)cc2)cc1.OCCCON(c1ccccc1)c1ccc(-c2ccc(N(c3ccccc3)c3ccccc3)cc2)cc1. The summed E-state index contributed by atoms with van der Waals surface area (Å²) in [5.74, 6) is -1.41. The van der Waals surface area contributed by atoms with Gasteiger partial charge in [0, 0.05) is 67.9 Å². The summed E-state index contributed by atoms with van der Waals surface area (Å²) in [5, 5.41) is 12.8. The molecular formula is C72H68N4O8. The molecule has 0 aromatic heterocycles. The number of rotatable bonds is 21. The van der Waals surface area contributed by atoms with Crippen molar-refractivity contribution in [1.82, 2.24) is 0 Å². The predicted molar refractivity (Wildman–Crippen MR) is 338 cm³/mol. The van der Waals surface area contributed by atoms with Crippen LogP contribution in [0.3, 0.4) is 0 Å². The molecule has 424 valence electrons. The summed E-state index contributed by atoms with van der Waals surface area (Å²) < 4.78 is 9.00. The zero-order valence-corrected chi connectivity index (χ0v) is 47.4. The fourth-order valence-electron chi connectivity index (χ4n) is 8.96. The number of aliphatic hydroxyl groups is 1. The van der Waals surface area contributed by atoms with E-state index >= 15 is 0 Å². The molecule has 0 heterocycles. The number of anilines is 10. The summed E-state index contributed by atoms with van der Waals surface area (Å²) in [6, 6.07) is 95.5. The zero-order valence-electron chi connectivity index (χ0n) is 47.4. The summed E-state index contributed by atoms with van der Waals surface area (Å²) in [5.41, 5.74) is 14.9. The van der Waals surface area contributed by atoms with Crippen LogP contribution in [0.15, 0.2) is 279 Å². The number of carbonyl (C=O) groups excluding carboxylic acids is 3. The third kappa shape index (κ3) is 17.7. The normalized spacial score (nSPS) is 10.4. The van der Waals surface area contributed by atoms with Gasteiger partial charge in [0.1, 0.15) is 0 Å².